The molecule has 3 rings (SSSR count). The predicted molar refractivity (Wildman–Crippen MR) is 97.5 cm³/mol. The number of alkyl halides is 1. The zero-order valence-electron chi connectivity index (χ0n) is 15.5. The van der Waals surface area contributed by atoms with Crippen molar-refractivity contribution in [3.63, 3.8) is 0 Å². The molecule has 0 aromatic heterocycles. The molecule has 0 radical (unpaired) electrons. The lowest BCUT2D eigenvalue weighted by molar-refractivity contribution is -0.131. The summed E-state index contributed by atoms with van der Waals surface area (Å²) in [6.45, 7) is 1.88. The van der Waals surface area contributed by atoms with Gasteiger partial charge in [-0.1, -0.05) is 0 Å². The van der Waals surface area contributed by atoms with Crippen LogP contribution in [0.5, 0.6) is 0 Å². The fourth-order valence-electron chi connectivity index (χ4n) is 3.27. The monoisotopic (exact) mass is 396 g/mol. The van der Waals surface area contributed by atoms with Gasteiger partial charge in [-0.15, -0.1) is 0 Å². The van der Waals surface area contributed by atoms with Gasteiger partial charge in [-0.25, -0.2) is 13.6 Å². The Morgan fingerprint density at radius 3 is 2.75 bits per heavy atom. The second-order valence-electron chi connectivity index (χ2n) is 6.68. The van der Waals surface area contributed by atoms with Crippen LogP contribution in [-0.4, -0.2) is 74.9 Å². The lowest BCUT2D eigenvalue weighted by Gasteiger charge is -2.35. The molecule has 0 spiro atoms. The molecule has 28 heavy (non-hydrogen) atoms. The quantitative estimate of drug-likeness (QED) is 0.773. The Bertz CT molecular complexity index is 776. The molecule has 0 bridgehead atoms. The van der Waals surface area contributed by atoms with E-state index in [1.165, 1.54) is 28.9 Å². The molecule has 3 amide bonds. The van der Waals surface area contributed by atoms with Crippen LogP contribution < -0.4 is 15.1 Å². The summed E-state index contributed by atoms with van der Waals surface area (Å²) in [5, 5.41) is 2.58. The van der Waals surface area contributed by atoms with E-state index in [0.29, 0.717) is 18.8 Å². The number of rotatable bonds is 6. The van der Waals surface area contributed by atoms with E-state index in [1.807, 2.05) is 0 Å². The molecule has 2 fully saturated rings. The maximum absolute atomic E-state index is 14.7. The van der Waals surface area contributed by atoms with Crippen molar-refractivity contribution in [3.05, 3.63) is 24.0 Å². The summed E-state index contributed by atoms with van der Waals surface area (Å²) < 4.78 is 32.3. The number of benzene rings is 1. The second-order valence-corrected chi connectivity index (χ2v) is 6.68. The minimum Gasteiger partial charge on any atom is -0.442 e. The summed E-state index contributed by atoms with van der Waals surface area (Å²) in [6.07, 6.45) is -1.13. The molecule has 2 saturated heterocycles. The number of anilines is 2. The molecule has 1 N–H and O–H groups in total. The van der Waals surface area contributed by atoms with Crippen LogP contribution in [0.4, 0.5) is 25.0 Å². The van der Waals surface area contributed by atoms with E-state index in [9.17, 15) is 23.2 Å². The van der Waals surface area contributed by atoms with Crippen molar-refractivity contribution in [1.29, 1.82) is 0 Å². The van der Waals surface area contributed by atoms with Crippen LogP contribution in [0.3, 0.4) is 0 Å². The summed E-state index contributed by atoms with van der Waals surface area (Å²) in [6, 6.07) is 4.31. The van der Waals surface area contributed by atoms with Gasteiger partial charge >= 0.3 is 6.09 Å². The SMILES string of the molecule is CC(=O)NC[C@H]1CN(c2ccc(N3CCN(CCF)C(=O)C3)c(F)c2)C(=O)O1. The van der Waals surface area contributed by atoms with E-state index >= 15 is 0 Å². The molecule has 0 unspecified atom stereocenters. The first-order valence-electron chi connectivity index (χ1n) is 9.00. The Morgan fingerprint density at radius 1 is 1.32 bits per heavy atom. The van der Waals surface area contributed by atoms with Crippen LogP contribution in [0.1, 0.15) is 6.92 Å². The Labute approximate surface area is 161 Å². The number of carbonyl (C=O) groups is 3. The largest absolute Gasteiger partial charge is 0.442 e. The Kier molecular flexibility index (Phi) is 5.96. The summed E-state index contributed by atoms with van der Waals surface area (Å²) in [7, 11) is 0. The van der Waals surface area contributed by atoms with Crippen LogP contribution in [0.2, 0.25) is 0 Å². The van der Waals surface area contributed by atoms with E-state index in [-0.39, 0.29) is 43.7 Å². The summed E-state index contributed by atoms with van der Waals surface area (Å²) >= 11 is 0. The van der Waals surface area contributed by atoms with Crippen LogP contribution in [0, 0.1) is 5.82 Å². The van der Waals surface area contributed by atoms with Crippen molar-refractivity contribution in [2.75, 3.05) is 55.7 Å². The zero-order valence-corrected chi connectivity index (χ0v) is 15.5. The van der Waals surface area contributed by atoms with Crippen LogP contribution in [-0.2, 0) is 14.3 Å². The molecule has 152 valence electrons. The highest BCUT2D eigenvalue weighted by Gasteiger charge is 2.33. The molecule has 1 aromatic rings. The van der Waals surface area contributed by atoms with Crippen molar-refractivity contribution < 1.29 is 27.9 Å². The molecule has 0 saturated carbocycles. The van der Waals surface area contributed by atoms with Gasteiger partial charge < -0.3 is 19.9 Å². The van der Waals surface area contributed by atoms with Gasteiger partial charge in [-0.3, -0.25) is 14.5 Å². The normalized spacial score (nSPS) is 19.8. The molecule has 0 aliphatic carbocycles. The van der Waals surface area contributed by atoms with Crippen LogP contribution in [0.15, 0.2) is 18.2 Å². The maximum atomic E-state index is 14.7. The standard InChI is InChI=1S/C18H22F2N4O4/c1-12(25)21-9-14-10-24(18(27)28-14)13-2-3-16(15(20)8-13)23-7-6-22(5-4-19)17(26)11-23/h2-3,8,14H,4-7,9-11H2,1H3,(H,21,25)/t14-/m0/s1. The third-order valence-corrected chi connectivity index (χ3v) is 4.71. The van der Waals surface area contributed by atoms with Crippen molar-refractivity contribution in [2.24, 2.45) is 0 Å². The molecule has 2 heterocycles. The minimum atomic E-state index is -0.613. The van der Waals surface area contributed by atoms with E-state index < -0.39 is 24.7 Å². The Balaban J connectivity index is 1.67. The van der Waals surface area contributed by atoms with E-state index in [4.69, 9.17) is 4.74 Å². The molecule has 2 aliphatic rings. The highest BCUT2D eigenvalue weighted by atomic mass is 19.1. The van der Waals surface area contributed by atoms with Crippen LogP contribution >= 0.6 is 0 Å². The lowest BCUT2D eigenvalue weighted by atomic mass is 10.2. The van der Waals surface area contributed by atoms with E-state index in [2.05, 4.69) is 5.32 Å². The fraction of sp³-hybridized carbons (Fsp3) is 0.500. The highest BCUT2D eigenvalue weighted by Crippen LogP contribution is 2.28. The van der Waals surface area contributed by atoms with Gasteiger partial charge in [0.25, 0.3) is 0 Å². The molecule has 1 atom stereocenters. The zero-order chi connectivity index (χ0) is 20.3. The first-order chi connectivity index (χ1) is 13.4. The average molecular weight is 396 g/mol. The molecule has 10 heteroatoms. The summed E-state index contributed by atoms with van der Waals surface area (Å²) in [5.41, 5.74) is 0.582. The third-order valence-electron chi connectivity index (χ3n) is 4.71. The third kappa shape index (κ3) is 4.32. The topological polar surface area (TPSA) is 82.2 Å². The van der Waals surface area contributed by atoms with Gasteiger partial charge in [-0.2, -0.15) is 0 Å². The first-order valence-corrected chi connectivity index (χ1v) is 9.00. The number of nitrogens with zero attached hydrogens (tertiary/aromatic N) is 3. The Hall–Kier alpha value is -2.91. The van der Waals surface area contributed by atoms with Gasteiger partial charge in [0.05, 0.1) is 31.0 Å². The van der Waals surface area contributed by atoms with Crippen LogP contribution in [0.25, 0.3) is 0 Å². The van der Waals surface area contributed by atoms with Crippen molar-refractivity contribution in [3.8, 4) is 0 Å². The molecule has 8 nitrogen and oxygen atoms in total. The smallest absolute Gasteiger partial charge is 0.414 e. The van der Waals surface area contributed by atoms with Gasteiger partial charge in [0.1, 0.15) is 18.6 Å². The number of halogens is 2. The minimum absolute atomic E-state index is 0.0270. The fourth-order valence-corrected chi connectivity index (χ4v) is 3.27. The number of piperazine rings is 1. The van der Waals surface area contributed by atoms with Crippen molar-refractivity contribution >= 4 is 29.3 Å². The van der Waals surface area contributed by atoms with E-state index in [0.717, 1.165) is 0 Å². The summed E-state index contributed by atoms with van der Waals surface area (Å²) in [4.78, 5) is 39.4. The number of nitrogens with one attached hydrogen (secondary N) is 1. The average Bonchev–Trinajstić information content (AvgIpc) is 3.02. The van der Waals surface area contributed by atoms with Crippen molar-refractivity contribution in [2.45, 2.75) is 13.0 Å². The Morgan fingerprint density at radius 2 is 2.11 bits per heavy atom. The first kappa shape index (κ1) is 19.8. The molecule has 2 aliphatic heterocycles. The number of cyclic esters (lactones) is 1. The van der Waals surface area contributed by atoms with Gasteiger partial charge in [-0.05, 0) is 18.2 Å². The lowest BCUT2D eigenvalue weighted by Crippen LogP contribution is -2.51. The second kappa shape index (κ2) is 8.41. The van der Waals surface area contributed by atoms with E-state index in [1.54, 1.807) is 11.0 Å². The number of amides is 3. The van der Waals surface area contributed by atoms with Crippen molar-refractivity contribution in [1.82, 2.24) is 10.2 Å². The molecular weight excluding hydrogens is 374 g/mol. The number of hydrogen-bond acceptors (Lipinski definition) is 5. The molecule has 1 aromatic carbocycles. The highest BCUT2D eigenvalue weighted by molar-refractivity contribution is 5.90. The maximum Gasteiger partial charge on any atom is 0.414 e. The van der Waals surface area contributed by atoms with Gasteiger partial charge in [0.2, 0.25) is 11.8 Å². The predicted octanol–water partition coefficient (Wildman–Crippen LogP) is 0.905. The number of ether oxygens (including phenoxy) is 1. The number of hydrogen-bond donors (Lipinski definition) is 1. The van der Waals surface area contributed by atoms with Gasteiger partial charge in [0, 0.05) is 26.6 Å². The molecular formula is C18H22F2N4O4. The number of carbonyl (C=O) groups excluding carboxylic acids is 3. The van der Waals surface area contributed by atoms with Gasteiger partial charge in [0.15, 0.2) is 0 Å². The summed E-state index contributed by atoms with van der Waals surface area (Å²) in [5.74, 6) is -1.05.